The number of carboxylic acid groups (broad SMARTS) is 1. The standard InChI is InChI=1S/C13H20N4O3/c1-13(11(18)19)5-3-8-17(13)12(20)15-6-4-10-14-7-9-16(10)2/h7,9H,3-6,8H2,1-2H3,(H,15,20)(H,18,19). The number of rotatable bonds is 4. The first-order valence-electron chi connectivity index (χ1n) is 6.70. The molecule has 0 bridgehead atoms. The largest absolute Gasteiger partial charge is 0.480 e. The molecule has 7 heteroatoms. The van der Waals surface area contributed by atoms with Gasteiger partial charge in [0.1, 0.15) is 11.4 Å². The van der Waals surface area contributed by atoms with Gasteiger partial charge in [-0.05, 0) is 19.8 Å². The van der Waals surface area contributed by atoms with Gasteiger partial charge in [-0.1, -0.05) is 0 Å². The van der Waals surface area contributed by atoms with Gasteiger partial charge in [-0.3, -0.25) is 0 Å². The minimum atomic E-state index is -1.09. The molecule has 110 valence electrons. The Morgan fingerprint density at radius 2 is 2.30 bits per heavy atom. The van der Waals surface area contributed by atoms with Gasteiger partial charge in [-0.25, -0.2) is 14.6 Å². The van der Waals surface area contributed by atoms with Gasteiger partial charge in [0, 0.05) is 39.0 Å². The van der Waals surface area contributed by atoms with Crippen LogP contribution in [0.5, 0.6) is 0 Å². The molecule has 7 nitrogen and oxygen atoms in total. The Kier molecular flexibility index (Phi) is 3.96. The van der Waals surface area contributed by atoms with Crippen LogP contribution in [-0.2, 0) is 18.3 Å². The van der Waals surface area contributed by atoms with E-state index in [4.69, 9.17) is 0 Å². The minimum absolute atomic E-state index is 0.318. The Morgan fingerprint density at radius 3 is 2.90 bits per heavy atom. The van der Waals surface area contributed by atoms with Crippen LogP contribution in [0.1, 0.15) is 25.6 Å². The Hall–Kier alpha value is -2.05. The summed E-state index contributed by atoms with van der Waals surface area (Å²) in [4.78, 5) is 29.0. The van der Waals surface area contributed by atoms with Crippen molar-refractivity contribution in [2.75, 3.05) is 13.1 Å². The van der Waals surface area contributed by atoms with E-state index in [0.29, 0.717) is 25.9 Å². The molecule has 2 heterocycles. The highest BCUT2D eigenvalue weighted by Gasteiger charge is 2.45. The van der Waals surface area contributed by atoms with E-state index < -0.39 is 11.5 Å². The second-order valence-electron chi connectivity index (χ2n) is 5.27. The highest BCUT2D eigenvalue weighted by Crippen LogP contribution is 2.29. The SMILES string of the molecule is Cn1ccnc1CCNC(=O)N1CCCC1(C)C(=O)O. The maximum absolute atomic E-state index is 12.1. The van der Waals surface area contributed by atoms with Gasteiger partial charge in [0.2, 0.25) is 0 Å². The maximum Gasteiger partial charge on any atom is 0.329 e. The summed E-state index contributed by atoms with van der Waals surface area (Å²) in [6.07, 6.45) is 5.38. The van der Waals surface area contributed by atoms with Crippen molar-refractivity contribution in [3.05, 3.63) is 18.2 Å². The second-order valence-corrected chi connectivity index (χ2v) is 5.27. The van der Waals surface area contributed by atoms with Crippen LogP contribution in [0.15, 0.2) is 12.4 Å². The van der Waals surface area contributed by atoms with Gasteiger partial charge in [-0.15, -0.1) is 0 Å². The number of hydrogen-bond acceptors (Lipinski definition) is 3. The lowest BCUT2D eigenvalue weighted by molar-refractivity contribution is -0.147. The average molecular weight is 280 g/mol. The number of nitrogens with one attached hydrogen (secondary N) is 1. The third-order valence-electron chi connectivity index (χ3n) is 3.89. The van der Waals surface area contributed by atoms with Crippen molar-refractivity contribution >= 4 is 12.0 Å². The number of carbonyl (C=O) groups is 2. The fourth-order valence-electron chi connectivity index (χ4n) is 2.53. The number of imidazole rings is 1. The van der Waals surface area contributed by atoms with Crippen molar-refractivity contribution < 1.29 is 14.7 Å². The molecular weight excluding hydrogens is 260 g/mol. The maximum atomic E-state index is 12.1. The number of hydrogen-bond donors (Lipinski definition) is 2. The number of amides is 2. The van der Waals surface area contributed by atoms with Crippen LogP contribution in [0.3, 0.4) is 0 Å². The van der Waals surface area contributed by atoms with E-state index in [1.807, 2.05) is 17.8 Å². The first kappa shape index (κ1) is 14.4. The molecule has 0 spiro atoms. The molecule has 2 rings (SSSR count). The van der Waals surface area contributed by atoms with Crippen molar-refractivity contribution in [1.29, 1.82) is 0 Å². The number of likely N-dealkylation sites (tertiary alicyclic amines) is 1. The van der Waals surface area contributed by atoms with Crippen LogP contribution >= 0.6 is 0 Å². The molecule has 1 saturated heterocycles. The molecule has 2 N–H and O–H groups in total. The fourth-order valence-corrected chi connectivity index (χ4v) is 2.53. The van der Waals surface area contributed by atoms with Gasteiger partial charge < -0.3 is 19.9 Å². The number of carbonyl (C=O) groups excluding carboxylic acids is 1. The first-order chi connectivity index (χ1) is 9.45. The van der Waals surface area contributed by atoms with E-state index in [0.717, 1.165) is 12.2 Å². The van der Waals surface area contributed by atoms with E-state index in [1.54, 1.807) is 13.1 Å². The van der Waals surface area contributed by atoms with Crippen LogP contribution in [0.2, 0.25) is 0 Å². The molecule has 20 heavy (non-hydrogen) atoms. The van der Waals surface area contributed by atoms with Gasteiger partial charge >= 0.3 is 12.0 Å². The third-order valence-corrected chi connectivity index (χ3v) is 3.89. The summed E-state index contributed by atoms with van der Waals surface area (Å²) in [7, 11) is 1.89. The molecule has 0 aliphatic carbocycles. The van der Waals surface area contributed by atoms with Crippen molar-refractivity contribution in [3.8, 4) is 0 Å². The lowest BCUT2D eigenvalue weighted by atomic mass is 10.00. The second kappa shape index (κ2) is 5.52. The van der Waals surface area contributed by atoms with E-state index in [9.17, 15) is 14.7 Å². The van der Waals surface area contributed by atoms with Crippen molar-refractivity contribution in [2.45, 2.75) is 31.7 Å². The topological polar surface area (TPSA) is 87.5 Å². The van der Waals surface area contributed by atoms with Gasteiger partial charge in [0.25, 0.3) is 0 Å². The predicted octanol–water partition coefficient (Wildman–Crippen LogP) is 0.611. The monoisotopic (exact) mass is 280 g/mol. The molecule has 1 atom stereocenters. The molecule has 2 amide bonds. The highest BCUT2D eigenvalue weighted by molar-refractivity contribution is 5.86. The number of nitrogens with zero attached hydrogens (tertiary/aromatic N) is 3. The molecule has 1 aliphatic heterocycles. The van der Waals surface area contributed by atoms with Crippen molar-refractivity contribution in [1.82, 2.24) is 19.8 Å². The summed E-state index contributed by atoms with van der Waals surface area (Å²) in [6.45, 7) is 2.52. The normalized spacial score (nSPS) is 22.0. The Bertz CT molecular complexity index is 513. The summed E-state index contributed by atoms with van der Waals surface area (Å²) >= 11 is 0. The zero-order valence-corrected chi connectivity index (χ0v) is 11.8. The Labute approximate surface area is 117 Å². The van der Waals surface area contributed by atoms with Crippen LogP contribution in [0.25, 0.3) is 0 Å². The van der Waals surface area contributed by atoms with E-state index in [-0.39, 0.29) is 6.03 Å². The lowest BCUT2D eigenvalue weighted by Gasteiger charge is -2.31. The van der Waals surface area contributed by atoms with Crippen LogP contribution in [0, 0.1) is 0 Å². The number of aliphatic carboxylic acids is 1. The predicted molar refractivity (Wildman–Crippen MR) is 72.3 cm³/mol. The Morgan fingerprint density at radius 1 is 1.55 bits per heavy atom. The molecular formula is C13H20N4O3. The molecule has 0 aromatic carbocycles. The third kappa shape index (κ3) is 2.61. The minimum Gasteiger partial charge on any atom is -0.480 e. The number of carboxylic acids is 1. The number of urea groups is 1. The molecule has 1 aliphatic rings. The summed E-state index contributed by atoms with van der Waals surface area (Å²) in [5, 5.41) is 12.0. The Balaban J connectivity index is 1.89. The molecule has 1 aromatic heterocycles. The first-order valence-corrected chi connectivity index (χ1v) is 6.70. The quantitative estimate of drug-likeness (QED) is 0.846. The summed E-state index contributed by atoms with van der Waals surface area (Å²) < 4.78 is 1.89. The number of aryl methyl sites for hydroxylation is 1. The summed E-state index contributed by atoms with van der Waals surface area (Å²) in [5.41, 5.74) is -1.09. The molecule has 0 radical (unpaired) electrons. The lowest BCUT2D eigenvalue weighted by Crippen LogP contribution is -2.54. The van der Waals surface area contributed by atoms with E-state index in [2.05, 4.69) is 10.3 Å². The smallest absolute Gasteiger partial charge is 0.329 e. The summed E-state index contributed by atoms with van der Waals surface area (Å²) in [5.74, 6) is -0.0676. The van der Waals surface area contributed by atoms with Gasteiger partial charge in [0.05, 0.1) is 0 Å². The van der Waals surface area contributed by atoms with Crippen molar-refractivity contribution in [3.63, 3.8) is 0 Å². The van der Waals surface area contributed by atoms with Gasteiger partial charge in [-0.2, -0.15) is 0 Å². The summed E-state index contributed by atoms with van der Waals surface area (Å²) in [6, 6.07) is -0.318. The highest BCUT2D eigenvalue weighted by atomic mass is 16.4. The van der Waals surface area contributed by atoms with E-state index >= 15 is 0 Å². The van der Waals surface area contributed by atoms with Crippen LogP contribution in [0.4, 0.5) is 4.79 Å². The van der Waals surface area contributed by atoms with Crippen LogP contribution < -0.4 is 5.32 Å². The van der Waals surface area contributed by atoms with E-state index in [1.165, 1.54) is 4.90 Å². The molecule has 1 aromatic rings. The molecule has 1 unspecified atom stereocenters. The zero-order valence-electron chi connectivity index (χ0n) is 11.8. The van der Waals surface area contributed by atoms with Crippen molar-refractivity contribution in [2.24, 2.45) is 7.05 Å². The number of aromatic nitrogens is 2. The molecule has 0 saturated carbocycles. The van der Waals surface area contributed by atoms with Gasteiger partial charge in [0.15, 0.2) is 0 Å². The molecule has 1 fully saturated rings. The average Bonchev–Trinajstić information content (AvgIpc) is 2.97. The zero-order chi connectivity index (χ0) is 14.8. The van der Waals surface area contributed by atoms with Crippen LogP contribution in [-0.4, -0.2) is 50.2 Å². The fraction of sp³-hybridized carbons (Fsp3) is 0.615.